The second-order valence-electron chi connectivity index (χ2n) is 3.32. The number of methoxy groups -OCH3 is 1. The van der Waals surface area contributed by atoms with Crippen molar-refractivity contribution < 1.29 is 14.5 Å². The number of esters is 1. The molecule has 0 amide bonds. The Morgan fingerprint density at radius 1 is 1.71 bits per heavy atom. The maximum Gasteiger partial charge on any atom is 0.305 e. The fraction of sp³-hybridized carbons (Fsp3) is 0.667. The van der Waals surface area contributed by atoms with Crippen LogP contribution in [0.2, 0.25) is 0 Å². The van der Waals surface area contributed by atoms with Crippen molar-refractivity contribution >= 4 is 5.97 Å². The Morgan fingerprint density at radius 3 is 2.64 bits per heavy atom. The minimum absolute atomic E-state index is 0.0574. The summed E-state index contributed by atoms with van der Waals surface area (Å²) in [7, 11) is 1.26. The summed E-state index contributed by atoms with van der Waals surface area (Å²) in [6, 6.07) is 0. The molecule has 0 aliphatic rings. The van der Waals surface area contributed by atoms with E-state index >= 15 is 0 Å². The Bertz CT molecular complexity index is 239. The van der Waals surface area contributed by atoms with Gasteiger partial charge in [0.05, 0.1) is 13.5 Å². The van der Waals surface area contributed by atoms with Gasteiger partial charge in [0, 0.05) is 24.7 Å². The standard InChI is InChI=1S/C9H15NO4/c1-4-6-9(2,10(12)13)7-5-8(11)14-3/h4H,1,5-7H2,2-3H3. The van der Waals surface area contributed by atoms with E-state index in [1.165, 1.54) is 20.1 Å². The lowest BCUT2D eigenvalue weighted by Crippen LogP contribution is -2.34. The van der Waals surface area contributed by atoms with Gasteiger partial charge in [0.1, 0.15) is 0 Å². The van der Waals surface area contributed by atoms with Gasteiger partial charge < -0.3 is 4.74 Å². The second kappa shape index (κ2) is 5.36. The molecule has 0 radical (unpaired) electrons. The van der Waals surface area contributed by atoms with Crippen molar-refractivity contribution in [3.63, 3.8) is 0 Å². The number of hydrogen-bond acceptors (Lipinski definition) is 4. The van der Waals surface area contributed by atoms with E-state index in [0.717, 1.165) is 0 Å². The molecule has 80 valence electrons. The van der Waals surface area contributed by atoms with Gasteiger partial charge in [-0.25, -0.2) is 0 Å². The average molecular weight is 201 g/mol. The Kier molecular flexibility index (Phi) is 4.83. The highest BCUT2D eigenvalue weighted by atomic mass is 16.6. The number of carbonyl (C=O) groups excluding carboxylic acids is 1. The number of ether oxygens (including phenoxy) is 1. The molecule has 0 aliphatic carbocycles. The Morgan fingerprint density at radius 2 is 2.29 bits per heavy atom. The lowest BCUT2D eigenvalue weighted by Gasteiger charge is -2.18. The van der Waals surface area contributed by atoms with E-state index < -0.39 is 11.5 Å². The average Bonchev–Trinajstić information content (AvgIpc) is 2.14. The summed E-state index contributed by atoms with van der Waals surface area (Å²) < 4.78 is 4.42. The van der Waals surface area contributed by atoms with E-state index in [1.807, 2.05) is 0 Å². The third-order valence-electron chi connectivity index (χ3n) is 2.12. The van der Waals surface area contributed by atoms with Crippen molar-refractivity contribution in [3.8, 4) is 0 Å². The van der Waals surface area contributed by atoms with Crippen molar-refractivity contribution in [3.05, 3.63) is 22.8 Å². The first-order valence-corrected chi connectivity index (χ1v) is 4.28. The van der Waals surface area contributed by atoms with Crippen molar-refractivity contribution in [2.45, 2.75) is 31.7 Å². The zero-order valence-electron chi connectivity index (χ0n) is 8.49. The largest absolute Gasteiger partial charge is 0.469 e. The summed E-state index contributed by atoms with van der Waals surface area (Å²) in [5.74, 6) is -0.429. The molecule has 14 heavy (non-hydrogen) atoms. The molecule has 0 aromatic heterocycles. The second-order valence-corrected chi connectivity index (χ2v) is 3.32. The number of nitro groups is 1. The van der Waals surface area contributed by atoms with Gasteiger partial charge in [-0.2, -0.15) is 0 Å². The summed E-state index contributed by atoms with van der Waals surface area (Å²) in [6.07, 6.45) is 1.96. The number of carbonyl (C=O) groups is 1. The third-order valence-corrected chi connectivity index (χ3v) is 2.12. The number of nitrogens with zero attached hydrogens (tertiary/aromatic N) is 1. The first kappa shape index (κ1) is 12.6. The highest BCUT2D eigenvalue weighted by Gasteiger charge is 2.35. The summed E-state index contributed by atoms with van der Waals surface area (Å²) in [6.45, 7) is 4.95. The highest BCUT2D eigenvalue weighted by molar-refractivity contribution is 5.69. The zero-order chi connectivity index (χ0) is 11.2. The van der Waals surface area contributed by atoms with Gasteiger partial charge in [-0.1, -0.05) is 6.08 Å². The molecule has 0 heterocycles. The highest BCUT2D eigenvalue weighted by Crippen LogP contribution is 2.21. The Labute approximate surface area is 82.9 Å². The maximum atomic E-state index is 10.8. The van der Waals surface area contributed by atoms with Crippen LogP contribution in [0.5, 0.6) is 0 Å². The molecule has 0 aromatic carbocycles. The van der Waals surface area contributed by atoms with Crippen molar-refractivity contribution in [1.29, 1.82) is 0 Å². The van der Waals surface area contributed by atoms with E-state index in [2.05, 4.69) is 11.3 Å². The Hall–Kier alpha value is -1.39. The molecule has 0 saturated carbocycles. The SMILES string of the molecule is C=CCC(C)(CCC(=O)OC)[N+](=O)[O-]. The van der Waals surface area contributed by atoms with Crippen molar-refractivity contribution in [2.24, 2.45) is 0 Å². The topological polar surface area (TPSA) is 69.4 Å². The molecular formula is C9H15NO4. The van der Waals surface area contributed by atoms with Crippen LogP contribution in [-0.4, -0.2) is 23.5 Å². The van der Waals surface area contributed by atoms with Gasteiger partial charge in [0.15, 0.2) is 0 Å². The van der Waals surface area contributed by atoms with Crippen LogP contribution in [0, 0.1) is 10.1 Å². The minimum atomic E-state index is -1.12. The smallest absolute Gasteiger partial charge is 0.305 e. The summed E-state index contributed by atoms with van der Waals surface area (Å²) in [4.78, 5) is 21.2. The van der Waals surface area contributed by atoms with Crippen LogP contribution in [0.1, 0.15) is 26.2 Å². The normalized spacial score (nSPS) is 14.1. The molecule has 0 N–H and O–H groups in total. The van der Waals surface area contributed by atoms with Gasteiger partial charge in [-0.3, -0.25) is 14.9 Å². The van der Waals surface area contributed by atoms with E-state index in [0.29, 0.717) is 0 Å². The molecule has 1 unspecified atom stereocenters. The molecule has 0 saturated heterocycles. The van der Waals surface area contributed by atoms with Gasteiger partial charge in [-0.05, 0) is 0 Å². The summed E-state index contributed by atoms with van der Waals surface area (Å²) in [5, 5.41) is 10.7. The molecule has 0 fully saturated rings. The number of hydrogen-bond donors (Lipinski definition) is 0. The summed E-state index contributed by atoms with van der Waals surface area (Å²) >= 11 is 0. The molecule has 0 rings (SSSR count). The van der Waals surface area contributed by atoms with Crippen molar-refractivity contribution in [2.75, 3.05) is 7.11 Å². The van der Waals surface area contributed by atoms with Crippen LogP contribution in [0.4, 0.5) is 0 Å². The third kappa shape index (κ3) is 3.55. The van der Waals surface area contributed by atoms with E-state index in [1.54, 1.807) is 0 Å². The first-order chi connectivity index (χ1) is 6.46. The molecule has 0 spiro atoms. The van der Waals surface area contributed by atoms with E-state index in [-0.39, 0.29) is 24.2 Å². The predicted octanol–water partition coefficient (Wildman–Crippen LogP) is 1.55. The lowest BCUT2D eigenvalue weighted by atomic mass is 9.93. The first-order valence-electron chi connectivity index (χ1n) is 4.28. The minimum Gasteiger partial charge on any atom is -0.469 e. The molecule has 0 bridgehead atoms. The molecule has 1 atom stereocenters. The van der Waals surface area contributed by atoms with Gasteiger partial charge in [0.25, 0.3) is 0 Å². The van der Waals surface area contributed by atoms with Gasteiger partial charge in [0.2, 0.25) is 5.54 Å². The van der Waals surface area contributed by atoms with Crippen LogP contribution >= 0.6 is 0 Å². The van der Waals surface area contributed by atoms with Gasteiger partial charge in [-0.15, -0.1) is 6.58 Å². The van der Waals surface area contributed by atoms with E-state index in [9.17, 15) is 14.9 Å². The summed E-state index contributed by atoms with van der Waals surface area (Å²) in [5.41, 5.74) is -1.12. The molecule has 5 nitrogen and oxygen atoms in total. The Balaban J connectivity index is 4.30. The quantitative estimate of drug-likeness (QED) is 0.283. The van der Waals surface area contributed by atoms with Crippen LogP contribution < -0.4 is 0 Å². The predicted molar refractivity (Wildman–Crippen MR) is 51.5 cm³/mol. The number of rotatable bonds is 6. The zero-order valence-corrected chi connectivity index (χ0v) is 8.49. The van der Waals surface area contributed by atoms with Gasteiger partial charge >= 0.3 is 5.97 Å². The lowest BCUT2D eigenvalue weighted by molar-refractivity contribution is -0.565. The van der Waals surface area contributed by atoms with Crippen LogP contribution in [0.3, 0.4) is 0 Å². The molecule has 0 aromatic rings. The molecule has 0 aliphatic heterocycles. The molecular weight excluding hydrogens is 186 g/mol. The van der Waals surface area contributed by atoms with Crippen LogP contribution in [0.25, 0.3) is 0 Å². The van der Waals surface area contributed by atoms with Crippen LogP contribution in [-0.2, 0) is 9.53 Å². The van der Waals surface area contributed by atoms with Crippen LogP contribution in [0.15, 0.2) is 12.7 Å². The monoisotopic (exact) mass is 201 g/mol. The fourth-order valence-electron chi connectivity index (χ4n) is 1.05. The maximum absolute atomic E-state index is 10.8. The van der Waals surface area contributed by atoms with E-state index in [4.69, 9.17) is 0 Å². The fourth-order valence-corrected chi connectivity index (χ4v) is 1.05. The van der Waals surface area contributed by atoms with Crippen molar-refractivity contribution in [1.82, 2.24) is 0 Å². The molecule has 5 heteroatoms.